The summed E-state index contributed by atoms with van der Waals surface area (Å²) in [6.45, 7) is 2.95. The lowest BCUT2D eigenvalue weighted by molar-refractivity contribution is 0.479. The van der Waals surface area contributed by atoms with Gasteiger partial charge in [0.25, 0.3) is 0 Å². The highest BCUT2D eigenvalue weighted by atomic mass is 16.5. The fourth-order valence-electron chi connectivity index (χ4n) is 1.52. The van der Waals surface area contributed by atoms with E-state index in [-0.39, 0.29) is 0 Å². The Morgan fingerprint density at radius 2 is 2.24 bits per heavy atom. The number of nitrogens with zero attached hydrogens (tertiary/aromatic N) is 3. The van der Waals surface area contributed by atoms with Crippen molar-refractivity contribution >= 4 is 0 Å². The van der Waals surface area contributed by atoms with Gasteiger partial charge in [-0.2, -0.15) is 10.4 Å². The van der Waals surface area contributed by atoms with Crippen molar-refractivity contribution < 1.29 is 4.74 Å². The maximum Gasteiger partial charge on any atom is 0.165 e. The zero-order valence-corrected chi connectivity index (χ0v) is 9.63. The van der Waals surface area contributed by atoms with E-state index < -0.39 is 0 Å². The lowest BCUT2D eigenvalue weighted by Crippen LogP contribution is -1.95. The van der Waals surface area contributed by atoms with Crippen LogP contribution in [0.25, 0.3) is 0 Å². The Labute approximate surface area is 100 Å². The Balaban J connectivity index is 2.17. The van der Waals surface area contributed by atoms with Gasteiger partial charge in [0.15, 0.2) is 5.75 Å². The van der Waals surface area contributed by atoms with Crippen molar-refractivity contribution in [1.29, 1.82) is 5.26 Å². The predicted molar refractivity (Wildman–Crippen MR) is 63.7 cm³/mol. The SMILES string of the molecule is CCCn1cc(Oc2ccccc2C#N)cn1. The van der Waals surface area contributed by atoms with E-state index in [4.69, 9.17) is 10.00 Å². The van der Waals surface area contributed by atoms with Crippen molar-refractivity contribution in [2.24, 2.45) is 0 Å². The molecule has 1 aromatic carbocycles. The van der Waals surface area contributed by atoms with Gasteiger partial charge in [0.1, 0.15) is 11.8 Å². The Kier molecular flexibility index (Phi) is 3.41. The summed E-state index contributed by atoms with van der Waals surface area (Å²) in [5.74, 6) is 1.21. The summed E-state index contributed by atoms with van der Waals surface area (Å²) in [5, 5.41) is 13.1. The van der Waals surface area contributed by atoms with Crippen LogP contribution in [0.4, 0.5) is 0 Å². The molecule has 0 aliphatic rings. The van der Waals surface area contributed by atoms with Crippen molar-refractivity contribution in [2.75, 3.05) is 0 Å². The summed E-state index contributed by atoms with van der Waals surface area (Å²) in [6, 6.07) is 9.25. The lowest BCUT2D eigenvalue weighted by Gasteiger charge is -2.03. The van der Waals surface area contributed by atoms with Crippen LogP contribution in [0, 0.1) is 11.3 Å². The van der Waals surface area contributed by atoms with Crippen LogP contribution in [0.3, 0.4) is 0 Å². The maximum absolute atomic E-state index is 8.94. The molecule has 1 heterocycles. The third-order valence-corrected chi connectivity index (χ3v) is 2.30. The molecule has 1 aromatic heterocycles. The summed E-state index contributed by atoms with van der Waals surface area (Å²) in [4.78, 5) is 0. The van der Waals surface area contributed by atoms with Gasteiger partial charge in [0.2, 0.25) is 0 Å². The third-order valence-electron chi connectivity index (χ3n) is 2.30. The lowest BCUT2D eigenvalue weighted by atomic mass is 10.2. The molecule has 0 fully saturated rings. The van der Waals surface area contributed by atoms with Crippen LogP contribution in [0.1, 0.15) is 18.9 Å². The number of ether oxygens (including phenoxy) is 1. The Morgan fingerprint density at radius 3 is 3.00 bits per heavy atom. The van der Waals surface area contributed by atoms with E-state index in [2.05, 4.69) is 18.1 Å². The van der Waals surface area contributed by atoms with Gasteiger partial charge in [-0.1, -0.05) is 19.1 Å². The van der Waals surface area contributed by atoms with E-state index >= 15 is 0 Å². The molecule has 0 atom stereocenters. The molecule has 0 saturated heterocycles. The largest absolute Gasteiger partial charge is 0.453 e. The normalized spacial score (nSPS) is 9.88. The van der Waals surface area contributed by atoms with E-state index in [1.807, 2.05) is 23.0 Å². The smallest absolute Gasteiger partial charge is 0.165 e. The quantitative estimate of drug-likeness (QED) is 0.806. The minimum Gasteiger partial charge on any atom is -0.453 e. The van der Waals surface area contributed by atoms with Gasteiger partial charge in [0.05, 0.1) is 18.0 Å². The van der Waals surface area contributed by atoms with Crippen LogP contribution in [0.5, 0.6) is 11.5 Å². The molecule has 0 radical (unpaired) electrons. The first-order valence-electron chi connectivity index (χ1n) is 5.53. The van der Waals surface area contributed by atoms with Crippen LogP contribution in [0.15, 0.2) is 36.7 Å². The van der Waals surface area contributed by atoms with Gasteiger partial charge in [0, 0.05) is 6.54 Å². The molecule has 17 heavy (non-hydrogen) atoms. The first-order valence-corrected chi connectivity index (χ1v) is 5.53. The van der Waals surface area contributed by atoms with Crippen LogP contribution < -0.4 is 4.74 Å². The molecule has 0 spiro atoms. The second kappa shape index (κ2) is 5.17. The molecule has 0 aliphatic heterocycles. The minimum atomic E-state index is 0.524. The molecule has 0 unspecified atom stereocenters. The molecule has 4 nitrogen and oxygen atoms in total. The Bertz CT molecular complexity index is 540. The molecule has 86 valence electrons. The topological polar surface area (TPSA) is 50.8 Å². The minimum absolute atomic E-state index is 0.524. The van der Waals surface area contributed by atoms with Crippen LogP contribution in [0.2, 0.25) is 0 Å². The molecule has 4 heteroatoms. The Hall–Kier alpha value is -2.28. The molecule has 0 N–H and O–H groups in total. The standard InChI is InChI=1S/C13H13N3O/c1-2-7-16-10-12(9-15-16)17-13-6-4-3-5-11(13)8-14/h3-6,9-10H,2,7H2,1H3. The highest BCUT2D eigenvalue weighted by molar-refractivity contribution is 5.44. The number of hydrogen-bond donors (Lipinski definition) is 0. The molecule has 0 amide bonds. The van der Waals surface area contributed by atoms with Gasteiger partial charge in [-0.15, -0.1) is 0 Å². The molecule has 0 aliphatic carbocycles. The summed E-state index contributed by atoms with van der Waals surface area (Å²) in [5.41, 5.74) is 0.524. The van der Waals surface area contributed by atoms with Crippen molar-refractivity contribution in [3.05, 3.63) is 42.2 Å². The zero-order valence-electron chi connectivity index (χ0n) is 9.63. The van der Waals surface area contributed by atoms with Gasteiger partial charge in [-0.3, -0.25) is 4.68 Å². The van der Waals surface area contributed by atoms with E-state index in [9.17, 15) is 0 Å². The van der Waals surface area contributed by atoms with Crippen LogP contribution in [-0.2, 0) is 6.54 Å². The maximum atomic E-state index is 8.94. The second-order valence-corrected chi connectivity index (χ2v) is 3.65. The number of nitriles is 1. The summed E-state index contributed by atoms with van der Waals surface area (Å²) < 4.78 is 7.45. The number of aromatic nitrogens is 2. The fourth-order valence-corrected chi connectivity index (χ4v) is 1.52. The monoisotopic (exact) mass is 227 g/mol. The van der Waals surface area contributed by atoms with Gasteiger partial charge < -0.3 is 4.74 Å². The van der Waals surface area contributed by atoms with Crippen LogP contribution in [-0.4, -0.2) is 9.78 Å². The van der Waals surface area contributed by atoms with E-state index in [0.717, 1.165) is 13.0 Å². The summed E-state index contributed by atoms with van der Waals surface area (Å²) in [6.07, 6.45) is 4.51. The second-order valence-electron chi connectivity index (χ2n) is 3.65. The molecular weight excluding hydrogens is 214 g/mol. The molecule has 0 saturated carbocycles. The van der Waals surface area contributed by atoms with E-state index in [0.29, 0.717) is 17.1 Å². The van der Waals surface area contributed by atoms with Crippen molar-refractivity contribution in [3.63, 3.8) is 0 Å². The van der Waals surface area contributed by atoms with E-state index in [1.165, 1.54) is 0 Å². The van der Waals surface area contributed by atoms with Crippen LogP contribution >= 0.6 is 0 Å². The number of hydrogen-bond acceptors (Lipinski definition) is 3. The van der Waals surface area contributed by atoms with Crippen molar-refractivity contribution in [3.8, 4) is 17.6 Å². The van der Waals surface area contributed by atoms with Gasteiger partial charge in [-0.25, -0.2) is 0 Å². The fraction of sp³-hybridized carbons (Fsp3) is 0.231. The molecule has 2 rings (SSSR count). The van der Waals surface area contributed by atoms with Crippen molar-refractivity contribution in [2.45, 2.75) is 19.9 Å². The number of aryl methyl sites for hydroxylation is 1. The number of para-hydroxylation sites is 1. The molecular formula is C13H13N3O. The third kappa shape index (κ3) is 2.64. The highest BCUT2D eigenvalue weighted by Crippen LogP contribution is 2.24. The first kappa shape index (κ1) is 11.2. The number of rotatable bonds is 4. The van der Waals surface area contributed by atoms with Crippen molar-refractivity contribution in [1.82, 2.24) is 9.78 Å². The predicted octanol–water partition coefficient (Wildman–Crippen LogP) is 2.96. The Morgan fingerprint density at radius 1 is 1.41 bits per heavy atom. The first-order chi connectivity index (χ1) is 8.33. The number of benzene rings is 1. The molecule has 0 bridgehead atoms. The summed E-state index contributed by atoms with van der Waals surface area (Å²) in [7, 11) is 0. The van der Waals surface area contributed by atoms with Gasteiger partial charge >= 0.3 is 0 Å². The highest BCUT2D eigenvalue weighted by Gasteiger charge is 2.05. The average Bonchev–Trinajstić information content (AvgIpc) is 2.78. The zero-order chi connectivity index (χ0) is 12.1. The summed E-state index contributed by atoms with van der Waals surface area (Å²) >= 11 is 0. The van der Waals surface area contributed by atoms with Gasteiger partial charge in [-0.05, 0) is 18.6 Å². The molecule has 2 aromatic rings. The average molecular weight is 227 g/mol. The van der Waals surface area contributed by atoms with E-state index in [1.54, 1.807) is 18.3 Å².